The number of pyridine rings is 1. The third kappa shape index (κ3) is 3.90. The van der Waals surface area contributed by atoms with Gasteiger partial charge in [0.15, 0.2) is 0 Å². The van der Waals surface area contributed by atoms with E-state index >= 15 is 0 Å². The number of ether oxygens (including phenoxy) is 1. The molecule has 0 unspecified atom stereocenters. The standard InChI is InChI=1S/C20H25N5O3/c1-12(2)25-11-14(10-16(25)19(27)21-7-5-9-26)18-17-15(23-24-18)6-8-22-20(17)28-13(3)4/h6,8-13H,5,7H2,1-4H3,(H,21,27)(H,23,24). The Balaban J connectivity index is 2.06. The van der Waals surface area contributed by atoms with Crippen LogP contribution in [0.25, 0.3) is 22.2 Å². The SMILES string of the molecule is CC(C)Oc1nccc2[nH]nc(-c3cc(C(=O)NCCC=O)n(C(C)C)c3)c12. The minimum absolute atomic E-state index is 0.0275. The summed E-state index contributed by atoms with van der Waals surface area (Å²) in [5, 5.41) is 11.0. The Morgan fingerprint density at radius 3 is 2.82 bits per heavy atom. The van der Waals surface area contributed by atoms with Crippen molar-refractivity contribution < 1.29 is 14.3 Å². The zero-order valence-electron chi connectivity index (χ0n) is 16.5. The zero-order valence-corrected chi connectivity index (χ0v) is 16.5. The summed E-state index contributed by atoms with van der Waals surface area (Å²) < 4.78 is 7.75. The second-order valence-corrected chi connectivity index (χ2v) is 7.10. The molecule has 0 saturated carbocycles. The number of hydrogen-bond acceptors (Lipinski definition) is 5. The van der Waals surface area contributed by atoms with E-state index in [0.29, 0.717) is 23.8 Å². The molecule has 0 atom stereocenters. The van der Waals surface area contributed by atoms with Gasteiger partial charge in [-0.2, -0.15) is 5.10 Å². The molecule has 3 rings (SSSR count). The van der Waals surface area contributed by atoms with Crippen molar-refractivity contribution in [3.8, 4) is 17.1 Å². The highest BCUT2D eigenvalue weighted by molar-refractivity contribution is 5.99. The van der Waals surface area contributed by atoms with E-state index in [2.05, 4.69) is 20.5 Å². The summed E-state index contributed by atoms with van der Waals surface area (Å²) in [6.45, 7) is 8.20. The summed E-state index contributed by atoms with van der Waals surface area (Å²) in [7, 11) is 0. The lowest BCUT2D eigenvalue weighted by atomic mass is 10.1. The van der Waals surface area contributed by atoms with E-state index < -0.39 is 0 Å². The number of aromatic nitrogens is 4. The number of rotatable bonds is 8. The molecule has 0 spiro atoms. The fraction of sp³-hybridized carbons (Fsp3) is 0.400. The van der Waals surface area contributed by atoms with Gasteiger partial charge in [0.1, 0.15) is 17.7 Å². The number of H-pyrrole nitrogens is 1. The number of aldehydes is 1. The minimum Gasteiger partial charge on any atom is -0.474 e. The molecule has 2 N–H and O–H groups in total. The molecule has 0 aliphatic carbocycles. The number of amides is 1. The van der Waals surface area contributed by atoms with Crippen molar-refractivity contribution in [2.24, 2.45) is 0 Å². The van der Waals surface area contributed by atoms with E-state index in [-0.39, 0.29) is 24.5 Å². The summed E-state index contributed by atoms with van der Waals surface area (Å²) >= 11 is 0. The van der Waals surface area contributed by atoms with Gasteiger partial charge >= 0.3 is 0 Å². The van der Waals surface area contributed by atoms with Crippen LogP contribution >= 0.6 is 0 Å². The molecule has 1 amide bonds. The molecule has 8 heteroatoms. The summed E-state index contributed by atoms with van der Waals surface area (Å²) in [5.41, 5.74) is 2.80. The fourth-order valence-electron chi connectivity index (χ4n) is 3.01. The van der Waals surface area contributed by atoms with Gasteiger partial charge < -0.3 is 19.4 Å². The third-order valence-corrected chi connectivity index (χ3v) is 4.25. The quantitative estimate of drug-likeness (QED) is 0.460. The molecule has 8 nitrogen and oxygen atoms in total. The number of hydrogen-bond donors (Lipinski definition) is 2. The Morgan fingerprint density at radius 2 is 2.14 bits per heavy atom. The van der Waals surface area contributed by atoms with Crippen molar-refractivity contribution in [1.29, 1.82) is 0 Å². The number of nitrogens with zero attached hydrogens (tertiary/aromatic N) is 3. The first kappa shape index (κ1) is 19.6. The summed E-state index contributed by atoms with van der Waals surface area (Å²) in [6, 6.07) is 3.72. The average Bonchev–Trinajstić information content (AvgIpc) is 3.26. The Labute approximate surface area is 163 Å². The Kier molecular flexibility index (Phi) is 5.77. The summed E-state index contributed by atoms with van der Waals surface area (Å²) in [4.78, 5) is 27.4. The normalized spacial score (nSPS) is 11.4. The second kappa shape index (κ2) is 8.24. The molecule has 3 aromatic heterocycles. The highest BCUT2D eigenvalue weighted by atomic mass is 16.5. The van der Waals surface area contributed by atoms with Gasteiger partial charge in [0.2, 0.25) is 5.88 Å². The Hall–Kier alpha value is -3.16. The molecule has 0 fully saturated rings. The number of aromatic amines is 1. The first-order valence-corrected chi connectivity index (χ1v) is 9.36. The smallest absolute Gasteiger partial charge is 0.267 e. The van der Waals surface area contributed by atoms with Gasteiger partial charge in [0, 0.05) is 37.0 Å². The van der Waals surface area contributed by atoms with E-state index in [4.69, 9.17) is 4.74 Å². The van der Waals surface area contributed by atoms with Crippen molar-refractivity contribution in [3.63, 3.8) is 0 Å². The van der Waals surface area contributed by atoms with Crippen LogP contribution in [0, 0.1) is 0 Å². The lowest BCUT2D eigenvalue weighted by Crippen LogP contribution is -2.27. The molecule has 28 heavy (non-hydrogen) atoms. The van der Waals surface area contributed by atoms with Gasteiger partial charge in [-0.15, -0.1) is 0 Å². The topological polar surface area (TPSA) is 102 Å². The van der Waals surface area contributed by atoms with E-state index in [1.54, 1.807) is 12.3 Å². The van der Waals surface area contributed by atoms with Crippen molar-refractivity contribution >= 4 is 23.1 Å². The molecule has 0 bridgehead atoms. The maximum Gasteiger partial charge on any atom is 0.267 e. The van der Waals surface area contributed by atoms with E-state index in [1.165, 1.54) is 0 Å². The average molecular weight is 383 g/mol. The number of carbonyl (C=O) groups is 2. The number of fused-ring (bicyclic) bond motifs is 1. The Morgan fingerprint density at radius 1 is 1.36 bits per heavy atom. The van der Waals surface area contributed by atoms with Gasteiger partial charge in [-0.25, -0.2) is 4.98 Å². The van der Waals surface area contributed by atoms with Gasteiger partial charge in [0.25, 0.3) is 5.91 Å². The number of nitrogens with one attached hydrogen (secondary N) is 2. The van der Waals surface area contributed by atoms with E-state index in [0.717, 1.165) is 22.8 Å². The molecule has 0 aliphatic heterocycles. The Bertz CT molecular complexity index is 987. The van der Waals surface area contributed by atoms with Crippen LogP contribution < -0.4 is 10.1 Å². The van der Waals surface area contributed by atoms with Gasteiger partial charge in [-0.3, -0.25) is 9.89 Å². The molecular formula is C20H25N5O3. The van der Waals surface area contributed by atoms with Crippen LogP contribution in [-0.2, 0) is 4.79 Å². The molecule has 3 heterocycles. The van der Waals surface area contributed by atoms with Crippen LogP contribution in [0.5, 0.6) is 5.88 Å². The molecular weight excluding hydrogens is 358 g/mol. The molecule has 0 aliphatic rings. The summed E-state index contributed by atoms with van der Waals surface area (Å²) in [5.74, 6) is 0.281. The molecule has 148 valence electrons. The van der Waals surface area contributed by atoms with Gasteiger partial charge in [-0.1, -0.05) is 0 Å². The second-order valence-electron chi connectivity index (χ2n) is 7.10. The fourth-order valence-corrected chi connectivity index (χ4v) is 3.01. The lowest BCUT2D eigenvalue weighted by Gasteiger charge is -2.12. The third-order valence-electron chi connectivity index (χ3n) is 4.25. The minimum atomic E-state index is -0.224. The van der Waals surface area contributed by atoms with Crippen LogP contribution in [0.15, 0.2) is 24.5 Å². The predicted molar refractivity (Wildman–Crippen MR) is 106 cm³/mol. The maximum absolute atomic E-state index is 12.6. The monoisotopic (exact) mass is 383 g/mol. The maximum atomic E-state index is 12.6. The van der Waals surface area contributed by atoms with Crippen LogP contribution in [0.4, 0.5) is 0 Å². The van der Waals surface area contributed by atoms with Gasteiger partial charge in [0.05, 0.1) is 17.0 Å². The van der Waals surface area contributed by atoms with Crippen LogP contribution in [0.2, 0.25) is 0 Å². The number of carbonyl (C=O) groups excluding carboxylic acids is 2. The van der Waals surface area contributed by atoms with Crippen molar-refractivity contribution in [2.45, 2.75) is 46.3 Å². The highest BCUT2D eigenvalue weighted by Crippen LogP contribution is 2.34. The summed E-state index contributed by atoms with van der Waals surface area (Å²) in [6.07, 6.45) is 4.62. The lowest BCUT2D eigenvalue weighted by molar-refractivity contribution is -0.107. The molecule has 3 aromatic rings. The molecule has 0 aromatic carbocycles. The van der Waals surface area contributed by atoms with Crippen molar-refractivity contribution in [2.75, 3.05) is 6.54 Å². The van der Waals surface area contributed by atoms with E-state index in [1.807, 2.05) is 44.5 Å². The first-order chi connectivity index (χ1) is 13.4. The van der Waals surface area contributed by atoms with Crippen LogP contribution in [0.3, 0.4) is 0 Å². The molecule has 0 saturated heterocycles. The highest BCUT2D eigenvalue weighted by Gasteiger charge is 2.21. The molecule has 0 radical (unpaired) electrons. The van der Waals surface area contributed by atoms with Crippen LogP contribution in [0.1, 0.15) is 50.6 Å². The van der Waals surface area contributed by atoms with Gasteiger partial charge in [-0.05, 0) is 39.8 Å². The zero-order chi connectivity index (χ0) is 20.3. The first-order valence-electron chi connectivity index (χ1n) is 9.36. The van der Waals surface area contributed by atoms with E-state index in [9.17, 15) is 9.59 Å². The largest absolute Gasteiger partial charge is 0.474 e. The predicted octanol–water partition coefficient (Wildman–Crippen LogP) is 3.11. The van der Waals surface area contributed by atoms with Crippen molar-refractivity contribution in [1.82, 2.24) is 25.1 Å². The van der Waals surface area contributed by atoms with Crippen molar-refractivity contribution in [3.05, 3.63) is 30.2 Å². The van der Waals surface area contributed by atoms with Crippen LogP contribution in [-0.4, -0.2) is 44.6 Å².